The van der Waals surface area contributed by atoms with Gasteiger partial charge in [-0.2, -0.15) is 0 Å². The van der Waals surface area contributed by atoms with Crippen LogP contribution < -0.4 is 15.7 Å². The first-order valence-corrected chi connectivity index (χ1v) is 9.23. The number of nitrogens with zero attached hydrogens (tertiary/aromatic N) is 4. The third kappa shape index (κ3) is 3.87. The third-order valence-corrected chi connectivity index (χ3v) is 4.50. The number of halogens is 2. The molecule has 152 valence electrons. The molecule has 2 aromatic carbocycles. The molecule has 4 aromatic rings. The second-order valence-corrected chi connectivity index (χ2v) is 6.84. The summed E-state index contributed by atoms with van der Waals surface area (Å²) in [7, 11) is 0. The van der Waals surface area contributed by atoms with E-state index in [0.29, 0.717) is 5.75 Å². The highest BCUT2D eigenvalue weighted by atomic mass is 35.5. The molecule has 1 amide bonds. The number of fused-ring (bicyclic) bond motifs is 1. The number of aryl methyl sites for hydroxylation is 1. The minimum Gasteiger partial charge on any atom is -0.436 e. The van der Waals surface area contributed by atoms with E-state index in [1.54, 1.807) is 6.07 Å². The lowest BCUT2D eigenvalue weighted by Gasteiger charge is -2.07. The molecule has 30 heavy (non-hydrogen) atoms. The minimum absolute atomic E-state index is 0.0496. The lowest BCUT2D eigenvalue weighted by molar-refractivity contribution is -0.117. The van der Waals surface area contributed by atoms with Crippen molar-refractivity contribution in [1.82, 2.24) is 19.2 Å². The molecule has 0 saturated carbocycles. The SMILES string of the molecule is Cc1ccccc1Oc1nccn2c(=O)n(CC(=O)Nc3ccc(Cl)cc3F)nc12. The van der Waals surface area contributed by atoms with E-state index in [2.05, 4.69) is 15.4 Å². The Bertz CT molecular complexity index is 1320. The molecule has 0 aliphatic carbocycles. The summed E-state index contributed by atoms with van der Waals surface area (Å²) in [5, 5.41) is 6.76. The van der Waals surface area contributed by atoms with Gasteiger partial charge in [0.1, 0.15) is 18.1 Å². The predicted octanol–water partition coefficient (Wildman–Crippen LogP) is 3.42. The zero-order valence-electron chi connectivity index (χ0n) is 15.7. The molecule has 10 heteroatoms. The maximum atomic E-state index is 13.9. The Balaban J connectivity index is 1.61. The molecule has 0 aliphatic heterocycles. The quantitative estimate of drug-likeness (QED) is 0.527. The number of aromatic nitrogens is 4. The van der Waals surface area contributed by atoms with E-state index >= 15 is 0 Å². The van der Waals surface area contributed by atoms with Gasteiger partial charge >= 0.3 is 5.69 Å². The number of carbonyl (C=O) groups is 1. The van der Waals surface area contributed by atoms with Gasteiger partial charge in [0.2, 0.25) is 11.6 Å². The number of anilines is 1. The van der Waals surface area contributed by atoms with Gasteiger partial charge in [0.05, 0.1) is 5.69 Å². The smallest absolute Gasteiger partial charge is 0.351 e. The van der Waals surface area contributed by atoms with Gasteiger partial charge in [-0.05, 0) is 36.8 Å². The number of rotatable bonds is 5. The van der Waals surface area contributed by atoms with Gasteiger partial charge in [0, 0.05) is 17.4 Å². The monoisotopic (exact) mass is 427 g/mol. The van der Waals surface area contributed by atoms with Crippen molar-refractivity contribution in [3.8, 4) is 11.6 Å². The van der Waals surface area contributed by atoms with Crippen LogP contribution in [0, 0.1) is 12.7 Å². The van der Waals surface area contributed by atoms with Crippen LogP contribution in [-0.2, 0) is 11.3 Å². The van der Waals surface area contributed by atoms with Crippen molar-refractivity contribution >= 4 is 28.8 Å². The molecule has 0 radical (unpaired) electrons. The summed E-state index contributed by atoms with van der Waals surface area (Å²) >= 11 is 5.70. The van der Waals surface area contributed by atoms with E-state index < -0.39 is 24.0 Å². The lowest BCUT2D eigenvalue weighted by atomic mass is 10.2. The van der Waals surface area contributed by atoms with Crippen molar-refractivity contribution in [2.75, 3.05) is 5.32 Å². The summed E-state index contributed by atoms with van der Waals surface area (Å²) in [5.74, 6) is -0.629. The molecule has 2 aromatic heterocycles. The average Bonchev–Trinajstić information content (AvgIpc) is 3.02. The van der Waals surface area contributed by atoms with Crippen LogP contribution >= 0.6 is 11.6 Å². The van der Waals surface area contributed by atoms with Crippen LogP contribution in [0.1, 0.15) is 5.56 Å². The first kappa shape index (κ1) is 19.6. The first-order chi connectivity index (χ1) is 14.4. The van der Waals surface area contributed by atoms with Crippen molar-refractivity contribution in [2.24, 2.45) is 0 Å². The molecule has 1 N–H and O–H groups in total. The van der Waals surface area contributed by atoms with Crippen LogP contribution in [0.5, 0.6) is 11.6 Å². The summed E-state index contributed by atoms with van der Waals surface area (Å²) in [4.78, 5) is 29.1. The number of para-hydroxylation sites is 1. The molecule has 0 aliphatic rings. The van der Waals surface area contributed by atoms with Crippen LogP contribution in [0.2, 0.25) is 5.02 Å². The van der Waals surface area contributed by atoms with E-state index in [-0.39, 0.29) is 22.2 Å². The van der Waals surface area contributed by atoms with Crippen molar-refractivity contribution < 1.29 is 13.9 Å². The average molecular weight is 428 g/mol. The van der Waals surface area contributed by atoms with Gasteiger partial charge in [-0.25, -0.2) is 23.3 Å². The van der Waals surface area contributed by atoms with Crippen molar-refractivity contribution in [3.63, 3.8) is 0 Å². The Morgan fingerprint density at radius 3 is 2.83 bits per heavy atom. The topological polar surface area (TPSA) is 90.5 Å². The molecular formula is C20H15ClFN5O3. The number of amides is 1. The highest BCUT2D eigenvalue weighted by Crippen LogP contribution is 2.25. The Morgan fingerprint density at radius 1 is 1.27 bits per heavy atom. The van der Waals surface area contributed by atoms with Crippen LogP contribution in [0.3, 0.4) is 0 Å². The molecule has 8 nitrogen and oxygen atoms in total. The zero-order valence-corrected chi connectivity index (χ0v) is 16.4. The highest BCUT2D eigenvalue weighted by molar-refractivity contribution is 6.30. The molecule has 0 saturated heterocycles. The van der Waals surface area contributed by atoms with Gasteiger partial charge in [-0.1, -0.05) is 29.8 Å². The minimum atomic E-state index is -0.684. The van der Waals surface area contributed by atoms with E-state index in [0.717, 1.165) is 16.3 Å². The molecule has 2 heterocycles. The number of nitrogens with one attached hydrogen (secondary N) is 1. The van der Waals surface area contributed by atoms with E-state index in [1.165, 1.54) is 28.9 Å². The largest absolute Gasteiger partial charge is 0.436 e. The fraction of sp³-hybridized carbons (Fsp3) is 0.100. The number of hydrogen-bond acceptors (Lipinski definition) is 5. The Morgan fingerprint density at radius 2 is 2.07 bits per heavy atom. The molecule has 0 atom stereocenters. The fourth-order valence-corrected chi connectivity index (χ4v) is 2.95. The number of benzene rings is 2. The lowest BCUT2D eigenvalue weighted by Crippen LogP contribution is -2.28. The normalized spacial score (nSPS) is 10.9. The van der Waals surface area contributed by atoms with Gasteiger partial charge in [-0.3, -0.25) is 4.79 Å². The number of hydrogen-bond donors (Lipinski definition) is 1. The van der Waals surface area contributed by atoms with Crippen molar-refractivity contribution in [1.29, 1.82) is 0 Å². The summed E-state index contributed by atoms with van der Waals surface area (Å²) in [6.45, 7) is 1.45. The Kier molecular flexibility index (Phi) is 5.20. The van der Waals surface area contributed by atoms with Gasteiger partial charge < -0.3 is 10.1 Å². The van der Waals surface area contributed by atoms with E-state index in [1.807, 2.05) is 25.1 Å². The third-order valence-electron chi connectivity index (χ3n) is 4.27. The van der Waals surface area contributed by atoms with Crippen LogP contribution in [-0.4, -0.2) is 25.1 Å². The van der Waals surface area contributed by atoms with Gasteiger partial charge in [-0.15, -0.1) is 5.10 Å². The van der Waals surface area contributed by atoms with E-state index in [4.69, 9.17) is 16.3 Å². The maximum absolute atomic E-state index is 13.9. The van der Waals surface area contributed by atoms with Gasteiger partial charge in [0.15, 0.2) is 0 Å². The highest BCUT2D eigenvalue weighted by Gasteiger charge is 2.17. The fourth-order valence-electron chi connectivity index (χ4n) is 2.79. The summed E-state index contributed by atoms with van der Waals surface area (Å²) in [5.41, 5.74) is 0.420. The summed E-state index contributed by atoms with van der Waals surface area (Å²) in [6, 6.07) is 11.2. The second-order valence-electron chi connectivity index (χ2n) is 6.41. The second kappa shape index (κ2) is 7.96. The summed E-state index contributed by atoms with van der Waals surface area (Å²) in [6.07, 6.45) is 2.82. The van der Waals surface area contributed by atoms with E-state index in [9.17, 15) is 14.0 Å². The van der Waals surface area contributed by atoms with Gasteiger partial charge in [0.25, 0.3) is 5.88 Å². The molecule has 0 fully saturated rings. The van der Waals surface area contributed by atoms with Crippen LogP contribution in [0.25, 0.3) is 5.65 Å². The predicted molar refractivity (Wildman–Crippen MR) is 109 cm³/mol. The molecular weight excluding hydrogens is 413 g/mol. The molecule has 0 unspecified atom stereocenters. The van der Waals surface area contributed by atoms with Crippen molar-refractivity contribution in [2.45, 2.75) is 13.5 Å². The zero-order chi connectivity index (χ0) is 21.3. The molecule has 0 spiro atoms. The molecule has 0 bridgehead atoms. The van der Waals surface area contributed by atoms with Crippen molar-refractivity contribution in [3.05, 3.63) is 81.7 Å². The first-order valence-electron chi connectivity index (χ1n) is 8.85. The Labute approximate surface area is 174 Å². The number of carbonyl (C=O) groups excluding carboxylic acids is 1. The number of ether oxygens (including phenoxy) is 1. The maximum Gasteiger partial charge on any atom is 0.351 e. The molecule has 4 rings (SSSR count). The van der Waals surface area contributed by atoms with Crippen LogP contribution in [0.15, 0.2) is 59.7 Å². The van der Waals surface area contributed by atoms with Crippen LogP contribution in [0.4, 0.5) is 10.1 Å². The standard InChI is InChI=1S/C20H15ClFN5O3/c1-12-4-2-3-5-16(12)30-19-18-25-27(20(29)26(18)9-8-23-19)11-17(28)24-15-7-6-13(21)10-14(15)22/h2-10H,11H2,1H3,(H,24,28). The summed E-state index contributed by atoms with van der Waals surface area (Å²) < 4.78 is 21.9. The Hall–Kier alpha value is -3.72.